The molecular weight excluding hydrogens is 1790 g/mol. The Labute approximate surface area is 824 Å². The molecule has 0 saturated heterocycles. The molecule has 0 atom stereocenters. The van der Waals surface area contributed by atoms with E-state index in [2.05, 4.69) is 74.7 Å². The molecule has 15 aromatic rings. The second-order valence-electron chi connectivity index (χ2n) is 38.3. The van der Waals surface area contributed by atoms with E-state index in [1.165, 1.54) is 201 Å². The first-order valence-electron chi connectivity index (χ1n) is 48.1. The number of carbonyl (C=O) groups excluding carboxylic acids is 1. The first-order chi connectivity index (χ1) is 68.0. The molecule has 0 amide bonds. The smallest absolute Gasteiger partial charge is 0.206 e. The standard InChI is InChI=1S/2C22H24O2.C18H18O4S.C18H20O2.C15H12O3.C11H10O.C10H8O2.C6H6O2/c23-19-5-1-17(2-6-19)21-10-15-9-16(11-21)13-22(12-15,14-21)18-3-7-20(24)8-4-18;23-20-5-1-16(2-6-20)22(17-3-7-21(24)8-4-17)18-10-14-9-15(12-18)13-19(22)11-14;1-3-13-21-15-5-9-17(10-6-15)23(19,20)18-11-7-16(8-12-18)22-14-4-2;19-16-8-4-14(5-9-16)18(12-2-1-3-13-18)15-6-10-17(20)11-7-15;16-13-6-1-11(2-7-13)3-10-15(18)12-4-8-14(17)9-5-12;1-8-2-3-10-7-11(12)5-4-9(10)6-8;11-9-5-1-3-7-8(9)4-2-6-10(7)12;7-5-1-2-6(8)4-3-5/h1-8,15-16,23-24H,9-14H2;1-8,14-15,18-19,23-24H,9-13H2;3-12H,1-2,13-14H2;4-11,19-20H,1-3,12-13H2;1-10,16-17H;2-7,12H,1H3;1-6,11-12H;1-4,7-8H/b;;;;10-3+;;;. The van der Waals surface area contributed by atoms with Crippen LogP contribution in [0, 0.1) is 42.4 Å². The summed E-state index contributed by atoms with van der Waals surface area (Å²) in [6.07, 6.45) is 26.9. The minimum absolute atomic E-state index is 0.0274. The SMILES string of the molecule is C=CCOc1ccc(S(=O)(=O)c2ccc(OCC=C)cc2)cc1.Cc1ccc2cc(O)ccc2c1.O=C(/C=C/c1ccc(O)cc1)c1ccc(O)cc1.Oc1ccc(C2(c3ccc(O)cc3)C3CC4CC(C3)CC2C4)cc1.Oc1ccc(C2(c3ccc(O)cc3)CCCCC2)cc1.Oc1ccc(C23CC4CC(C2)CC(c2ccc(O)cc2)(C4)C3)cc1.Oc1ccc(O)cc1.Oc1cccc2c(O)cccc12. The van der Waals surface area contributed by atoms with Gasteiger partial charge in [0, 0.05) is 27.2 Å². The Morgan fingerprint density at radius 3 is 1.06 bits per heavy atom. The first-order valence-corrected chi connectivity index (χ1v) is 49.6. The molecule has 8 bridgehead atoms. The molecule has 0 spiro atoms. The molecule has 13 N–H and O–H groups in total. The van der Waals surface area contributed by atoms with Gasteiger partial charge < -0.3 is 75.9 Å². The highest BCUT2D eigenvalue weighted by molar-refractivity contribution is 7.91. The fourth-order valence-corrected chi connectivity index (χ4v) is 24.2. The summed E-state index contributed by atoms with van der Waals surface area (Å²) < 4.78 is 35.8. The van der Waals surface area contributed by atoms with Crippen molar-refractivity contribution in [1.82, 2.24) is 0 Å². The number of sulfone groups is 1. The summed E-state index contributed by atoms with van der Waals surface area (Å²) in [5.74, 6) is 9.26. The van der Waals surface area contributed by atoms with Gasteiger partial charge in [0.2, 0.25) is 9.84 Å². The van der Waals surface area contributed by atoms with Crippen LogP contribution in [0.4, 0.5) is 0 Å². The lowest BCUT2D eigenvalue weighted by Gasteiger charge is -2.62. The maximum Gasteiger partial charge on any atom is 0.206 e. The van der Waals surface area contributed by atoms with Gasteiger partial charge in [0.15, 0.2) is 5.78 Å². The van der Waals surface area contributed by atoms with Gasteiger partial charge in [0.05, 0.1) is 9.79 Å². The third kappa shape index (κ3) is 24.3. The lowest BCUT2D eigenvalue weighted by atomic mass is 9.42. The number of fused-ring (bicyclic) bond motifs is 2. The normalized spacial score (nSPS) is 19.8. The van der Waals surface area contributed by atoms with E-state index in [1.54, 1.807) is 152 Å². The van der Waals surface area contributed by atoms with Crippen molar-refractivity contribution in [2.75, 3.05) is 13.2 Å². The molecular formula is C122H122O18S. The zero-order valence-corrected chi connectivity index (χ0v) is 79.8. The van der Waals surface area contributed by atoms with E-state index in [0.717, 1.165) is 47.5 Å². The number of allylic oxidation sites excluding steroid dienone is 1. The van der Waals surface area contributed by atoms with E-state index in [9.17, 15) is 59.2 Å². The predicted octanol–water partition coefficient (Wildman–Crippen LogP) is 26.9. The number of rotatable bonds is 17. The quantitative estimate of drug-likeness (QED) is 0.0174. The van der Waals surface area contributed by atoms with Gasteiger partial charge in [-0.25, -0.2) is 8.42 Å². The van der Waals surface area contributed by atoms with E-state index < -0.39 is 9.84 Å². The Kier molecular flexibility index (Phi) is 32.0. The van der Waals surface area contributed by atoms with Gasteiger partial charge in [-0.05, 0) is 399 Å². The van der Waals surface area contributed by atoms with E-state index in [-0.39, 0.29) is 71.7 Å². The molecule has 9 saturated carbocycles. The van der Waals surface area contributed by atoms with Gasteiger partial charge in [-0.2, -0.15) is 0 Å². The van der Waals surface area contributed by atoms with Crippen molar-refractivity contribution in [1.29, 1.82) is 0 Å². The van der Waals surface area contributed by atoms with Gasteiger partial charge in [-0.15, -0.1) is 0 Å². The summed E-state index contributed by atoms with van der Waals surface area (Å²) in [6, 6.07) is 99.7. The molecule has 0 heterocycles. The molecule has 0 aromatic heterocycles. The van der Waals surface area contributed by atoms with E-state index >= 15 is 0 Å². The van der Waals surface area contributed by atoms with Crippen LogP contribution in [0.3, 0.4) is 0 Å². The van der Waals surface area contributed by atoms with Gasteiger partial charge in [0.25, 0.3) is 0 Å². The number of phenolic OH excluding ortho intramolecular Hbond substituents is 13. The Bertz CT molecular complexity index is 6480. The van der Waals surface area contributed by atoms with Crippen LogP contribution < -0.4 is 9.47 Å². The maximum atomic E-state index is 12.6. The molecule has 724 valence electrons. The van der Waals surface area contributed by atoms with Crippen molar-refractivity contribution in [3.05, 3.63) is 421 Å². The monoisotopic (exact) mass is 1910 g/mol. The zero-order valence-electron chi connectivity index (χ0n) is 79.0. The van der Waals surface area contributed by atoms with Gasteiger partial charge in [0.1, 0.15) is 99.5 Å². The van der Waals surface area contributed by atoms with Crippen molar-refractivity contribution in [2.45, 2.75) is 141 Å². The van der Waals surface area contributed by atoms with Crippen LogP contribution >= 0.6 is 0 Å². The topological polar surface area (TPSA) is 333 Å². The number of phenols is 13. The summed E-state index contributed by atoms with van der Waals surface area (Å²) in [4.78, 5) is 12.2. The molecule has 141 heavy (non-hydrogen) atoms. The number of carbonyl (C=O) groups is 1. The Morgan fingerprint density at radius 1 is 0.348 bits per heavy atom. The molecule has 0 radical (unpaired) electrons. The summed E-state index contributed by atoms with van der Waals surface area (Å²) in [5.41, 5.74) is 11.3. The minimum atomic E-state index is -3.56. The molecule has 9 aliphatic rings. The van der Waals surface area contributed by atoms with Gasteiger partial charge in [-0.1, -0.05) is 190 Å². The Morgan fingerprint density at radius 2 is 0.674 bits per heavy atom. The number of aryl methyl sites for hydroxylation is 1. The average molecular weight is 1910 g/mol. The van der Waals surface area contributed by atoms with E-state index in [0.29, 0.717) is 93.1 Å². The first kappa shape index (κ1) is 100. The number of hydrogen-bond donors (Lipinski definition) is 13. The summed E-state index contributed by atoms with van der Waals surface area (Å²) in [6.45, 7) is 9.93. The van der Waals surface area contributed by atoms with Crippen LogP contribution in [0.2, 0.25) is 0 Å². The van der Waals surface area contributed by atoms with E-state index in [4.69, 9.17) is 29.9 Å². The fourth-order valence-electron chi connectivity index (χ4n) is 23.0. The van der Waals surface area contributed by atoms with Crippen LogP contribution in [0.15, 0.2) is 381 Å². The molecule has 0 aliphatic heterocycles. The molecule has 19 heteroatoms. The molecule has 0 unspecified atom stereocenters. The van der Waals surface area contributed by atoms with Crippen LogP contribution in [0.1, 0.15) is 158 Å². The minimum Gasteiger partial charge on any atom is -0.508 e. The van der Waals surface area contributed by atoms with E-state index in [1.807, 2.05) is 91.0 Å². The summed E-state index contributed by atoms with van der Waals surface area (Å²) in [5, 5.41) is 125. The number of aromatic hydroxyl groups is 13. The highest BCUT2D eigenvalue weighted by Gasteiger charge is 2.60. The highest BCUT2D eigenvalue weighted by Crippen LogP contribution is 2.68. The van der Waals surface area contributed by atoms with Crippen LogP contribution in [0.5, 0.6) is 86.2 Å². The Balaban J connectivity index is 0.000000124. The number of benzene rings is 15. The van der Waals surface area contributed by atoms with Crippen LogP contribution in [-0.4, -0.2) is 93.8 Å². The van der Waals surface area contributed by atoms with Crippen LogP contribution in [-0.2, 0) is 31.5 Å². The van der Waals surface area contributed by atoms with Gasteiger partial charge >= 0.3 is 0 Å². The number of hydrogen-bond acceptors (Lipinski definition) is 18. The summed E-state index contributed by atoms with van der Waals surface area (Å²) in [7, 11) is -3.56. The molecule has 18 nitrogen and oxygen atoms in total. The van der Waals surface area contributed by atoms with Crippen molar-refractivity contribution in [3.63, 3.8) is 0 Å². The number of ether oxygens (including phenoxy) is 2. The third-order valence-corrected chi connectivity index (χ3v) is 30.6. The predicted molar refractivity (Wildman–Crippen MR) is 555 cm³/mol. The van der Waals surface area contributed by atoms with Crippen molar-refractivity contribution in [3.8, 4) is 86.2 Å². The fraction of sp³-hybridized carbons (Fsp3) is 0.238. The third-order valence-electron chi connectivity index (χ3n) is 28.9. The Hall–Kier alpha value is -15.3. The van der Waals surface area contributed by atoms with Gasteiger partial charge in [-0.3, -0.25) is 4.79 Å². The largest absolute Gasteiger partial charge is 0.508 e. The van der Waals surface area contributed by atoms with Crippen molar-refractivity contribution >= 4 is 43.2 Å². The molecule has 15 aromatic carbocycles. The second-order valence-corrected chi connectivity index (χ2v) is 40.3. The maximum absolute atomic E-state index is 12.6. The summed E-state index contributed by atoms with van der Waals surface area (Å²) >= 11 is 0. The molecule has 24 rings (SSSR count). The lowest BCUT2D eigenvalue weighted by molar-refractivity contribution is -0.0418. The molecule has 9 aliphatic carbocycles. The van der Waals surface area contributed by atoms with Crippen molar-refractivity contribution < 1.29 is 89.1 Å². The average Bonchev–Trinajstić information content (AvgIpc) is 0.702. The number of ketones is 1. The second kappa shape index (κ2) is 45.1. The zero-order chi connectivity index (χ0) is 99.4. The van der Waals surface area contributed by atoms with Crippen LogP contribution in [0.25, 0.3) is 27.6 Å². The van der Waals surface area contributed by atoms with Crippen molar-refractivity contribution in [2.24, 2.45) is 35.5 Å². The highest BCUT2D eigenvalue weighted by atomic mass is 32.2. The molecule has 9 fully saturated rings. The lowest BCUT2D eigenvalue weighted by Crippen LogP contribution is -2.56.